The zero-order valence-electron chi connectivity index (χ0n) is 17.2. The van der Waals surface area contributed by atoms with Gasteiger partial charge in [-0.3, -0.25) is 4.99 Å². The second kappa shape index (κ2) is 13.0. The smallest absolute Gasteiger partial charge is 0.193 e. The molecule has 0 amide bonds. The van der Waals surface area contributed by atoms with Gasteiger partial charge in [-0.05, 0) is 38.1 Å². The van der Waals surface area contributed by atoms with Crippen molar-refractivity contribution in [3.05, 3.63) is 23.8 Å². The van der Waals surface area contributed by atoms with Crippen molar-refractivity contribution in [3.63, 3.8) is 0 Å². The number of halogens is 1. The lowest BCUT2D eigenvalue weighted by Crippen LogP contribution is -2.42. The Morgan fingerprint density at radius 2 is 1.85 bits per heavy atom. The van der Waals surface area contributed by atoms with Gasteiger partial charge >= 0.3 is 0 Å². The molecule has 1 fully saturated rings. The van der Waals surface area contributed by atoms with E-state index in [-0.39, 0.29) is 24.0 Å². The molecule has 0 spiro atoms. The number of ether oxygens (including phenoxy) is 2. The van der Waals surface area contributed by atoms with E-state index in [0.29, 0.717) is 0 Å². The Labute approximate surface area is 181 Å². The van der Waals surface area contributed by atoms with Crippen LogP contribution in [0.4, 0.5) is 0 Å². The van der Waals surface area contributed by atoms with Gasteiger partial charge in [0.05, 0.1) is 14.2 Å². The Kier molecular flexibility index (Phi) is 11.5. The fraction of sp³-hybridized carbons (Fsp3) is 0.650. The lowest BCUT2D eigenvalue weighted by atomic mass is 10.2. The molecule has 0 atom stereocenters. The third-order valence-electron chi connectivity index (χ3n) is 4.88. The lowest BCUT2D eigenvalue weighted by Gasteiger charge is -2.25. The highest BCUT2D eigenvalue weighted by atomic mass is 127. The zero-order chi connectivity index (χ0) is 18.8. The summed E-state index contributed by atoms with van der Waals surface area (Å²) in [6.07, 6.45) is 5.40. The largest absolute Gasteiger partial charge is 0.497 e. The molecular weight excluding hydrogens is 455 g/mol. The Morgan fingerprint density at radius 1 is 1.15 bits per heavy atom. The van der Waals surface area contributed by atoms with Gasteiger partial charge in [-0.25, -0.2) is 0 Å². The number of hydrogen-bond donors (Lipinski definition) is 1. The lowest BCUT2D eigenvalue weighted by molar-refractivity contribution is 0.287. The maximum Gasteiger partial charge on any atom is 0.193 e. The minimum Gasteiger partial charge on any atom is -0.497 e. The van der Waals surface area contributed by atoms with Crippen LogP contribution in [0, 0.1) is 0 Å². The molecule has 154 valence electrons. The van der Waals surface area contributed by atoms with Gasteiger partial charge in [-0.1, -0.05) is 12.8 Å². The molecule has 1 heterocycles. The van der Waals surface area contributed by atoms with Crippen molar-refractivity contribution in [2.24, 2.45) is 4.99 Å². The molecule has 1 N–H and O–H groups in total. The first-order chi connectivity index (χ1) is 12.7. The van der Waals surface area contributed by atoms with Gasteiger partial charge in [0.25, 0.3) is 0 Å². The number of likely N-dealkylation sites (tertiary alicyclic amines) is 1. The van der Waals surface area contributed by atoms with Gasteiger partial charge < -0.3 is 24.6 Å². The first-order valence-electron chi connectivity index (χ1n) is 9.53. The maximum atomic E-state index is 5.50. The van der Waals surface area contributed by atoms with E-state index in [4.69, 9.17) is 9.47 Å². The molecule has 27 heavy (non-hydrogen) atoms. The summed E-state index contributed by atoms with van der Waals surface area (Å²) in [7, 11) is 7.23. The van der Waals surface area contributed by atoms with Gasteiger partial charge in [0, 0.05) is 45.4 Å². The molecule has 6 nitrogen and oxygen atoms in total. The van der Waals surface area contributed by atoms with E-state index in [2.05, 4.69) is 20.1 Å². The molecule has 0 aliphatic carbocycles. The topological polar surface area (TPSA) is 49.3 Å². The Balaban J connectivity index is 0.00000364. The summed E-state index contributed by atoms with van der Waals surface area (Å²) < 4.78 is 10.8. The second-order valence-corrected chi connectivity index (χ2v) is 6.76. The molecule has 7 heteroatoms. The zero-order valence-corrected chi connectivity index (χ0v) is 19.5. The molecule has 1 aromatic carbocycles. The molecular formula is C20H35IN4O2. The van der Waals surface area contributed by atoms with Crippen LogP contribution in [0.1, 0.15) is 31.2 Å². The fourth-order valence-corrected chi connectivity index (χ4v) is 3.38. The average Bonchev–Trinajstić information content (AvgIpc) is 2.94. The average molecular weight is 490 g/mol. The number of aliphatic imine (C=N–C) groups is 1. The molecule has 2 rings (SSSR count). The molecule has 1 saturated heterocycles. The fourth-order valence-electron chi connectivity index (χ4n) is 3.38. The molecule has 0 radical (unpaired) electrons. The maximum absolute atomic E-state index is 5.50. The van der Waals surface area contributed by atoms with Gasteiger partial charge in [-0.2, -0.15) is 0 Å². The molecule has 0 saturated carbocycles. The van der Waals surface area contributed by atoms with E-state index in [1.165, 1.54) is 38.8 Å². The van der Waals surface area contributed by atoms with Crippen LogP contribution in [0.3, 0.4) is 0 Å². The van der Waals surface area contributed by atoms with Crippen LogP contribution in [0.2, 0.25) is 0 Å². The van der Waals surface area contributed by atoms with E-state index in [1.54, 1.807) is 14.2 Å². The Bertz CT molecular complexity index is 575. The Morgan fingerprint density at radius 3 is 2.44 bits per heavy atom. The van der Waals surface area contributed by atoms with Crippen molar-refractivity contribution >= 4 is 29.9 Å². The highest BCUT2D eigenvalue weighted by Gasteiger charge is 2.12. The van der Waals surface area contributed by atoms with Crippen LogP contribution in [-0.4, -0.2) is 70.3 Å². The summed E-state index contributed by atoms with van der Waals surface area (Å²) in [5.41, 5.74) is 1.10. The number of rotatable bonds is 7. The summed E-state index contributed by atoms with van der Waals surface area (Å²) in [5.74, 6) is 2.53. The van der Waals surface area contributed by atoms with Crippen molar-refractivity contribution in [2.45, 2.75) is 32.2 Å². The van der Waals surface area contributed by atoms with Crippen molar-refractivity contribution in [2.75, 3.05) is 54.5 Å². The van der Waals surface area contributed by atoms with E-state index < -0.39 is 0 Å². The highest BCUT2D eigenvalue weighted by Crippen LogP contribution is 2.25. The van der Waals surface area contributed by atoms with E-state index in [1.807, 2.05) is 32.3 Å². The molecule has 1 aliphatic heterocycles. The van der Waals surface area contributed by atoms with Gasteiger partial charge in [0.1, 0.15) is 11.5 Å². The molecule has 1 aliphatic rings. The number of nitrogens with one attached hydrogen (secondary N) is 1. The van der Waals surface area contributed by atoms with E-state index >= 15 is 0 Å². The van der Waals surface area contributed by atoms with E-state index in [9.17, 15) is 0 Å². The number of nitrogens with zero attached hydrogens (tertiary/aromatic N) is 3. The summed E-state index contributed by atoms with van der Waals surface area (Å²) in [6, 6.07) is 5.92. The van der Waals surface area contributed by atoms with Crippen molar-refractivity contribution in [1.82, 2.24) is 15.1 Å². The number of methoxy groups -OCH3 is 2. The summed E-state index contributed by atoms with van der Waals surface area (Å²) in [4.78, 5) is 9.10. The number of hydrogen-bond acceptors (Lipinski definition) is 4. The standard InChI is InChI=1S/C20H34N4O2.HI/c1-21-20(22-11-14-24-12-7-5-6-8-13-24)23(2)16-17-9-10-18(25-3)15-19(17)26-4;/h9-10,15H,5-8,11-14,16H2,1-4H3,(H,21,22);1H. The minimum absolute atomic E-state index is 0. The molecule has 0 unspecified atom stereocenters. The number of guanidine groups is 1. The van der Waals surface area contributed by atoms with Crippen molar-refractivity contribution in [3.8, 4) is 11.5 Å². The second-order valence-electron chi connectivity index (χ2n) is 6.76. The van der Waals surface area contributed by atoms with Crippen molar-refractivity contribution in [1.29, 1.82) is 0 Å². The summed E-state index contributed by atoms with van der Waals surface area (Å²) in [5, 5.41) is 3.49. The predicted molar refractivity (Wildman–Crippen MR) is 123 cm³/mol. The number of benzene rings is 1. The van der Waals surface area contributed by atoms with Gasteiger partial charge in [0.2, 0.25) is 0 Å². The minimum atomic E-state index is 0. The Hall–Kier alpha value is -1.22. The third kappa shape index (κ3) is 7.73. The third-order valence-corrected chi connectivity index (χ3v) is 4.88. The van der Waals surface area contributed by atoms with Crippen LogP contribution in [0.25, 0.3) is 0 Å². The van der Waals surface area contributed by atoms with Crippen LogP contribution >= 0.6 is 24.0 Å². The molecule has 0 bridgehead atoms. The first-order valence-corrected chi connectivity index (χ1v) is 9.53. The first kappa shape index (κ1) is 23.8. The van der Waals surface area contributed by atoms with Gasteiger partial charge in [0.15, 0.2) is 5.96 Å². The van der Waals surface area contributed by atoms with E-state index in [0.717, 1.165) is 42.7 Å². The van der Waals surface area contributed by atoms with Gasteiger partial charge in [-0.15, -0.1) is 24.0 Å². The predicted octanol–water partition coefficient (Wildman–Crippen LogP) is 3.21. The van der Waals surface area contributed by atoms with Crippen molar-refractivity contribution < 1.29 is 9.47 Å². The van der Waals surface area contributed by atoms with Crippen LogP contribution in [0.5, 0.6) is 11.5 Å². The normalized spacial score (nSPS) is 15.5. The highest BCUT2D eigenvalue weighted by molar-refractivity contribution is 14.0. The van der Waals surface area contributed by atoms with Crippen LogP contribution < -0.4 is 14.8 Å². The summed E-state index contributed by atoms with van der Waals surface area (Å²) in [6.45, 7) is 5.14. The molecule has 0 aromatic heterocycles. The quantitative estimate of drug-likeness (QED) is 0.362. The SMILES string of the molecule is CN=C(NCCN1CCCCCC1)N(C)Cc1ccc(OC)cc1OC.I. The van der Waals surface area contributed by atoms with Crippen LogP contribution in [-0.2, 0) is 6.54 Å². The summed E-state index contributed by atoms with van der Waals surface area (Å²) >= 11 is 0. The monoisotopic (exact) mass is 490 g/mol. The molecule has 1 aromatic rings. The van der Waals surface area contributed by atoms with Crippen LogP contribution in [0.15, 0.2) is 23.2 Å².